The number of carbonyl (C=O) groups excluding carboxylic acids is 1. The van der Waals surface area contributed by atoms with Gasteiger partial charge in [0.25, 0.3) is 5.91 Å². The Kier molecular flexibility index (Phi) is 6.14. The molecule has 2 bridgehead atoms. The van der Waals surface area contributed by atoms with Crippen LogP contribution in [-0.2, 0) is 4.79 Å². The van der Waals surface area contributed by atoms with Crippen molar-refractivity contribution in [3.8, 4) is 11.5 Å². The zero-order valence-corrected chi connectivity index (χ0v) is 19.1. The van der Waals surface area contributed by atoms with E-state index in [1.165, 1.54) is 12.1 Å². The smallest absolute Gasteiger partial charge is 0.484 e. The summed E-state index contributed by atoms with van der Waals surface area (Å²) in [7, 11) is 0. The van der Waals surface area contributed by atoms with Gasteiger partial charge in [0.2, 0.25) is 0 Å². The predicted molar refractivity (Wildman–Crippen MR) is 126 cm³/mol. The number of anilines is 2. The number of pyridine rings is 1. The normalized spacial score (nSPS) is 19.6. The van der Waals surface area contributed by atoms with E-state index >= 15 is 0 Å². The SMILES string of the molecule is Cc1cc(N2CCC3CC2CN3)nc2ccc(NC(=O)COc3ccc(OC(F)(F)F)cc3)cc12. The highest BCUT2D eigenvalue weighted by Gasteiger charge is 2.34. The lowest BCUT2D eigenvalue weighted by Gasteiger charge is -2.33. The third kappa shape index (κ3) is 5.43. The number of piperidine rings is 1. The van der Waals surface area contributed by atoms with Gasteiger partial charge < -0.3 is 25.0 Å². The largest absolute Gasteiger partial charge is 0.573 e. The molecule has 2 aliphatic heterocycles. The number of nitrogens with zero attached hydrogens (tertiary/aromatic N) is 2. The summed E-state index contributed by atoms with van der Waals surface area (Å²) in [6.07, 6.45) is -2.49. The summed E-state index contributed by atoms with van der Waals surface area (Å²) in [5, 5.41) is 7.30. The van der Waals surface area contributed by atoms with Crippen molar-refractivity contribution in [3.05, 3.63) is 54.1 Å². The molecule has 3 heterocycles. The van der Waals surface area contributed by atoms with E-state index in [1.807, 2.05) is 19.1 Å². The van der Waals surface area contributed by atoms with Crippen LogP contribution in [0.2, 0.25) is 0 Å². The number of aromatic nitrogens is 1. The van der Waals surface area contributed by atoms with Crippen LogP contribution in [0.25, 0.3) is 10.9 Å². The molecule has 1 amide bonds. The van der Waals surface area contributed by atoms with Gasteiger partial charge in [0.05, 0.1) is 5.52 Å². The molecule has 35 heavy (non-hydrogen) atoms. The van der Waals surface area contributed by atoms with E-state index in [-0.39, 0.29) is 24.0 Å². The predicted octanol–water partition coefficient (Wildman–Crippen LogP) is 4.40. The van der Waals surface area contributed by atoms with E-state index in [0.29, 0.717) is 17.8 Å². The van der Waals surface area contributed by atoms with E-state index in [4.69, 9.17) is 9.72 Å². The first kappa shape index (κ1) is 23.2. The van der Waals surface area contributed by atoms with Crippen molar-refractivity contribution >= 4 is 28.3 Å². The van der Waals surface area contributed by atoms with Crippen molar-refractivity contribution in [1.29, 1.82) is 0 Å². The molecule has 184 valence electrons. The van der Waals surface area contributed by atoms with Crippen LogP contribution in [0.3, 0.4) is 0 Å². The van der Waals surface area contributed by atoms with Crippen molar-refractivity contribution in [3.63, 3.8) is 0 Å². The highest BCUT2D eigenvalue weighted by atomic mass is 19.4. The highest BCUT2D eigenvalue weighted by Crippen LogP contribution is 2.31. The standard InChI is InChI=1S/C25H25F3N4O3/c1-15-10-23(32-9-8-16-11-18(32)13-29-16)31-22-7-2-17(12-21(15)22)30-24(33)14-34-19-3-5-20(6-4-19)35-25(26,27)28/h2-7,10,12,16,18,29H,8-9,11,13-14H2,1H3,(H,30,33). The van der Waals surface area contributed by atoms with E-state index in [0.717, 1.165) is 60.3 Å². The molecule has 2 atom stereocenters. The quantitative estimate of drug-likeness (QED) is 0.538. The van der Waals surface area contributed by atoms with Crippen LogP contribution >= 0.6 is 0 Å². The van der Waals surface area contributed by atoms with Gasteiger partial charge in [-0.25, -0.2) is 4.98 Å². The number of ether oxygens (including phenoxy) is 2. The number of aryl methyl sites for hydroxylation is 1. The average Bonchev–Trinajstić information content (AvgIpc) is 3.18. The third-order valence-corrected chi connectivity index (χ3v) is 6.37. The second kappa shape index (κ2) is 9.26. The van der Waals surface area contributed by atoms with Gasteiger partial charge in [-0.15, -0.1) is 13.2 Å². The van der Waals surface area contributed by atoms with Gasteiger partial charge in [-0.2, -0.15) is 0 Å². The lowest BCUT2D eigenvalue weighted by molar-refractivity contribution is -0.274. The maximum Gasteiger partial charge on any atom is 0.573 e. The van der Waals surface area contributed by atoms with E-state index in [1.54, 1.807) is 6.07 Å². The number of alkyl halides is 3. The van der Waals surface area contributed by atoms with Gasteiger partial charge in [0.1, 0.15) is 17.3 Å². The Balaban J connectivity index is 1.21. The molecule has 0 radical (unpaired) electrons. The minimum Gasteiger partial charge on any atom is -0.484 e. The van der Waals surface area contributed by atoms with E-state index in [2.05, 4.69) is 26.3 Å². The summed E-state index contributed by atoms with van der Waals surface area (Å²) < 4.78 is 45.9. The zero-order chi connectivity index (χ0) is 24.6. The van der Waals surface area contributed by atoms with Crippen molar-refractivity contribution in [2.45, 2.75) is 38.2 Å². The van der Waals surface area contributed by atoms with Crippen molar-refractivity contribution in [1.82, 2.24) is 10.3 Å². The Morgan fingerprint density at radius 2 is 1.94 bits per heavy atom. The Bertz CT molecular complexity index is 1230. The number of nitrogens with one attached hydrogen (secondary N) is 2. The second-order valence-corrected chi connectivity index (χ2v) is 8.86. The van der Waals surface area contributed by atoms with Crippen LogP contribution in [0.4, 0.5) is 24.7 Å². The maximum atomic E-state index is 12.4. The molecule has 2 N–H and O–H groups in total. The molecule has 2 unspecified atom stereocenters. The Hall–Kier alpha value is -3.53. The molecule has 2 saturated heterocycles. The topological polar surface area (TPSA) is 75.7 Å². The zero-order valence-electron chi connectivity index (χ0n) is 19.1. The number of hydrogen-bond donors (Lipinski definition) is 2. The first-order chi connectivity index (χ1) is 16.7. The van der Waals surface area contributed by atoms with Crippen LogP contribution in [0, 0.1) is 6.92 Å². The highest BCUT2D eigenvalue weighted by molar-refractivity contribution is 5.95. The number of rotatable bonds is 6. The molecule has 1 aromatic heterocycles. The fourth-order valence-electron chi connectivity index (χ4n) is 4.72. The molecule has 0 spiro atoms. The number of carbonyl (C=O) groups is 1. The minimum atomic E-state index is -4.76. The first-order valence-corrected chi connectivity index (χ1v) is 11.4. The van der Waals surface area contributed by atoms with Gasteiger partial charge in [-0.1, -0.05) is 0 Å². The van der Waals surface area contributed by atoms with Crippen molar-refractivity contribution < 1.29 is 27.4 Å². The lowest BCUT2D eigenvalue weighted by atomic mass is 10.0. The second-order valence-electron chi connectivity index (χ2n) is 8.86. The van der Waals surface area contributed by atoms with Gasteiger partial charge >= 0.3 is 6.36 Å². The minimum absolute atomic E-state index is 0.252. The van der Waals surface area contributed by atoms with Crippen molar-refractivity contribution in [2.24, 2.45) is 0 Å². The van der Waals surface area contributed by atoms with Crippen LogP contribution < -0.4 is 25.0 Å². The van der Waals surface area contributed by atoms with Gasteiger partial charge in [-0.3, -0.25) is 4.79 Å². The van der Waals surface area contributed by atoms with Crippen LogP contribution in [0.5, 0.6) is 11.5 Å². The Morgan fingerprint density at radius 3 is 2.71 bits per heavy atom. The molecular weight excluding hydrogens is 461 g/mol. The molecule has 2 fully saturated rings. The summed E-state index contributed by atoms with van der Waals surface area (Å²) in [5.41, 5.74) is 2.55. The summed E-state index contributed by atoms with van der Waals surface area (Å²) >= 11 is 0. The number of halogens is 3. The number of hydrogen-bond acceptors (Lipinski definition) is 6. The van der Waals surface area contributed by atoms with E-state index in [9.17, 15) is 18.0 Å². The average molecular weight is 486 g/mol. The molecule has 5 rings (SSSR count). The van der Waals surface area contributed by atoms with Gasteiger partial charge in [0, 0.05) is 36.2 Å². The van der Waals surface area contributed by atoms with Crippen molar-refractivity contribution in [2.75, 3.05) is 29.9 Å². The van der Waals surface area contributed by atoms with Crippen LogP contribution in [0.15, 0.2) is 48.5 Å². The van der Waals surface area contributed by atoms with E-state index < -0.39 is 6.36 Å². The fraction of sp³-hybridized carbons (Fsp3) is 0.360. The fourth-order valence-corrected chi connectivity index (χ4v) is 4.72. The third-order valence-electron chi connectivity index (χ3n) is 6.37. The molecule has 7 nitrogen and oxygen atoms in total. The van der Waals surface area contributed by atoms with Gasteiger partial charge in [0.15, 0.2) is 6.61 Å². The summed E-state index contributed by atoms with van der Waals surface area (Å²) in [6, 6.07) is 13.6. The molecule has 0 saturated carbocycles. The number of benzene rings is 2. The molecule has 10 heteroatoms. The molecule has 3 aromatic rings. The number of amides is 1. The summed E-state index contributed by atoms with van der Waals surface area (Å²) in [4.78, 5) is 19.6. The number of fused-ring (bicyclic) bond motifs is 3. The summed E-state index contributed by atoms with van der Waals surface area (Å²) in [5.74, 6) is 0.488. The molecule has 2 aromatic carbocycles. The Labute approximate surface area is 200 Å². The van der Waals surface area contributed by atoms with Gasteiger partial charge in [-0.05, 0) is 73.9 Å². The summed E-state index contributed by atoms with van der Waals surface area (Å²) in [6.45, 7) is 3.72. The van der Waals surface area contributed by atoms with Crippen LogP contribution in [-0.4, -0.2) is 49.0 Å². The van der Waals surface area contributed by atoms with Crippen LogP contribution in [0.1, 0.15) is 18.4 Å². The maximum absolute atomic E-state index is 12.4. The first-order valence-electron chi connectivity index (χ1n) is 11.4. The monoisotopic (exact) mass is 486 g/mol. The molecule has 0 aliphatic carbocycles. The Morgan fingerprint density at radius 1 is 1.17 bits per heavy atom. The molecule has 2 aliphatic rings. The molecular formula is C25H25F3N4O3. The lowest BCUT2D eigenvalue weighted by Crippen LogP contribution is -2.41.